The Kier molecular flexibility index (Phi) is 9.16. The molecule has 1 saturated heterocycles. The third-order valence-electron chi connectivity index (χ3n) is 6.72. The van der Waals surface area contributed by atoms with E-state index in [1.54, 1.807) is 18.2 Å². The minimum Gasteiger partial charge on any atom is -0.344 e. The summed E-state index contributed by atoms with van der Waals surface area (Å²) in [6.45, 7) is 2.57. The number of nitrogens with two attached hydrogens (primary N) is 1. The summed E-state index contributed by atoms with van der Waals surface area (Å²) in [5.74, 6) is 0.361. The minimum absolute atomic E-state index is 0.0780. The Morgan fingerprint density at radius 2 is 1.76 bits per heavy atom. The largest absolute Gasteiger partial charge is 0.417 e. The molecule has 1 aliphatic rings. The van der Waals surface area contributed by atoms with Crippen molar-refractivity contribution in [2.75, 3.05) is 37.6 Å². The van der Waals surface area contributed by atoms with Gasteiger partial charge in [-0.15, -0.1) is 11.3 Å². The van der Waals surface area contributed by atoms with Gasteiger partial charge in [-0.05, 0) is 35.9 Å². The van der Waals surface area contributed by atoms with Crippen LogP contribution in [-0.2, 0) is 28.9 Å². The number of pyridine rings is 1. The maximum Gasteiger partial charge on any atom is 0.417 e. The van der Waals surface area contributed by atoms with E-state index in [4.69, 9.17) is 17.3 Å². The maximum atomic E-state index is 13.2. The first-order chi connectivity index (χ1) is 19.9. The quantitative estimate of drug-likeness (QED) is 0.254. The standard InChI is InChI=1S/C26H25ClF4N6O2S3/c27-20-12-17(26(29,30)31)14-33-21(20)13-19-5-6-24(40-19)42(38,39)22(32)15-36-7-9-37(10-8-36)25-34-23(35-41-25)11-16-1-3-18(28)4-2-16/h1-6,12,14,22H,7-11,13,15,32H2. The Morgan fingerprint density at radius 3 is 2.43 bits per heavy atom. The van der Waals surface area contributed by atoms with Gasteiger partial charge in [-0.2, -0.15) is 17.5 Å². The lowest BCUT2D eigenvalue weighted by atomic mass is 10.1. The highest BCUT2D eigenvalue weighted by atomic mass is 35.5. The van der Waals surface area contributed by atoms with Crippen molar-refractivity contribution in [2.45, 2.75) is 28.6 Å². The molecule has 3 aromatic heterocycles. The van der Waals surface area contributed by atoms with Crippen LogP contribution in [0, 0.1) is 5.82 Å². The number of alkyl halides is 3. The monoisotopic (exact) mass is 660 g/mol. The summed E-state index contributed by atoms with van der Waals surface area (Å²) in [6.07, 6.45) is -3.26. The Labute approximate surface area is 252 Å². The van der Waals surface area contributed by atoms with Crippen LogP contribution in [0.4, 0.5) is 22.7 Å². The van der Waals surface area contributed by atoms with E-state index in [0.29, 0.717) is 49.5 Å². The number of rotatable bonds is 9. The molecule has 1 unspecified atom stereocenters. The fourth-order valence-corrected chi connectivity index (χ4v) is 8.20. The molecule has 0 saturated carbocycles. The van der Waals surface area contributed by atoms with Crippen molar-refractivity contribution in [2.24, 2.45) is 5.73 Å². The summed E-state index contributed by atoms with van der Waals surface area (Å²) in [5.41, 5.74) is 6.35. The van der Waals surface area contributed by atoms with Gasteiger partial charge in [0.25, 0.3) is 0 Å². The van der Waals surface area contributed by atoms with Crippen molar-refractivity contribution in [1.82, 2.24) is 19.2 Å². The lowest BCUT2D eigenvalue weighted by molar-refractivity contribution is -0.137. The van der Waals surface area contributed by atoms with Crippen molar-refractivity contribution < 1.29 is 26.0 Å². The molecule has 8 nitrogen and oxygen atoms in total. The van der Waals surface area contributed by atoms with Crippen LogP contribution in [0.3, 0.4) is 0 Å². The van der Waals surface area contributed by atoms with Gasteiger partial charge in [0.15, 0.2) is 0 Å². The number of halogens is 5. The number of thiophene rings is 1. The number of nitrogens with zero attached hydrogens (tertiary/aromatic N) is 5. The second kappa shape index (κ2) is 12.5. The van der Waals surface area contributed by atoms with E-state index in [0.717, 1.165) is 28.1 Å². The number of aromatic nitrogens is 3. The fourth-order valence-electron chi connectivity index (χ4n) is 4.38. The molecule has 0 amide bonds. The molecule has 4 aromatic rings. The second-order valence-electron chi connectivity index (χ2n) is 9.72. The topological polar surface area (TPSA) is 105 Å². The van der Waals surface area contributed by atoms with E-state index < -0.39 is 27.0 Å². The molecule has 1 fully saturated rings. The molecule has 16 heteroatoms. The first-order valence-electron chi connectivity index (χ1n) is 12.7. The van der Waals surface area contributed by atoms with Gasteiger partial charge in [0.2, 0.25) is 15.0 Å². The van der Waals surface area contributed by atoms with Crippen LogP contribution >= 0.6 is 34.5 Å². The molecule has 42 heavy (non-hydrogen) atoms. The average molecular weight is 661 g/mol. The van der Waals surface area contributed by atoms with E-state index in [1.165, 1.54) is 29.7 Å². The summed E-state index contributed by atoms with van der Waals surface area (Å²) in [6, 6.07) is 10.1. The number of sulfone groups is 1. The molecule has 0 bridgehead atoms. The SMILES string of the molecule is NC(CN1CCN(c2nc(Cc3ccc(F)cc3)ns2)CC1)S(=O)(=O)c1ccc(Cc2ncc(C(F)(F)F)cc2Cl)s1. The zero-order valence-corrected chi connectivity index (χ0v) is 25.1. The molecule has 1 aromatic carbocycles. The van der Waals surface area contributed by atoms with Crippen LogP contribution in [0.15, 0.2) is 52.9 Å². The minimum atomic E-state index is -4.56. The lowest BCUT2D eigenvalue weighted by Gasteiger charge is -2.35. The summed E-state index contributed by atoms with van der Waals surface area (Å²) in [4.78, 5) is 13.1. The van der Waals surface area contributed by atoms with E-state index in [-0.39, 0.29) is 33.7 Å². The Balaban J connectivity index is 1.14. The van der Waals surface area contributed by atoms with Gasteiger partial charge in [-0.25, -0.2) is 17.8 Å². The highest BCUT2D eigenvalue weighted by Crippen LogP contribution is 2.33. The molecule has 0 radical (unpaired) electrons. The van der Waals surface area contributed by atoms with Crippen LogP contribution in [0.5, 0.6) is 0 Å². The number of hydrogen-bond acceptors (Lipinski definition) is 10. The van der Waals surface area contributed by atoms with Crippen molar-refractivity contribution in [3.8, 4) is 0 Å². The first-order valence-corrected chi connectivity index (χ1v) is 16.2. The fraction of sp³-hybridized carbons (Fsp3) is 0.346. The molecule has 5 rings (SSSR count). The zero-order chi connectivity index (χ0) is 30.1. The molecular formula is C26H25ClF4N6O2S3. The van der Waals surface area contributed by atoms with E-state index in [2.05, 4.69) is 19.2 Å². The van der Waals surface area contributed by atoms with Crippen molar-refractivity contribution in [1.29, 1.82) is 0 Å². The van der Waals surface area contributed by atoms with Crippen LogP contribution in [0.2, 0.25) is 5.02 Å². The third kappa shape index (κ3) is 7.26. The van der Waals surface area contributed by atoms with Crippen molar-refractivity contribution in [3.05, 3.63) is 87.0 Å². The molecule has 1 aliphatic heterocycles. The molecule has 224 valence electrons. The van der Waals surface area contributed by atoms with Crippen LogP contribution < -0.4 is 10.6 Å². The molecule has 4 heterocycles. The highest BCUT2D eigenvalue weighted by molar-refractivity contribution is 7.94. The summed E-state index contributed by atoms with van der Waals surface area (Å²) in [7, 11) is -3.85. The highest BCUT2D eigenvalue weighted by Gasteiger charge is 2.32. The van der Waals surface area contributed by atoms with Crippen molar-refractivity contribution in [3.63, 3.8) is 0 Å². The number of piperazine rings is 1. The summed E-state index contributed by atoms with van der Waals surface area (Å²) >= 11 is 8.29. The smallest absolute Gasteiger partial charge is 0.344 e. The van der Waals surface area contributed by atoms with Crippen LogP contribution in [0.25, 0.3) is 0 Å². The summed E-state index contributed by atoms with van der Waals surface area (Å²) < 4.78 is 82.7. The van der Waals surface area contributed by atoms with E-state index in [1.807, 2.05) is 4.90 Å². The Bertz CT molecular complexity index is 1640. The van der Waals surface area contributed by atoms with Gasteiger partial charge in [-0.3, -0.25) is 9.88 Å². The zero-order valence-electron chi connectivity index (χ0n) is 21.9. The summed E-state index contributed by atoms with van der Waals surface area (Å²) in [5, 5.41) is -0.527. The molecule has 1 atom stereocenters. The predicted molar refractivity (Wildman–Crippen MR) is 154 cm³/mol. The second-order valence-corrected chi connectivity index (χ2v) is 14.4. The normalized spacial score (nSPS) is 15.7. The molecule has 0 aliphatic carbocycles. The van der Waals surface area contributed by atoms with E-state index >= 15 is 0 Å². The molecule has 2 N–H and O–H groups in total. The Hall–Kier alpha value is -2.69. The van der Waals surface area contributed by atoms with Gasteiger partial charge in [0, 0.05) is 68.2 Å². The first kappa shape index (κ1) is 30.8. The van der Waals surface area contributed by atoms with Gasteiger partial charge >= 0.3 is 6.18 Å². The lowest BCUT2D eigenvalue weighted by Crippen LogP contribution is -2.51. The van der Waals surface area contributed by atoms with Gasteiger partial charge < -0.3 is 10.6 Å². The maximum absolute atomic E-state index is 13.2. The van der Waals surface area contributed by atoms with Crippen LogP contribution in [-0.4, -0.2) is 65.8 Å². The van der Waals surface area contributed by atoms with Gasteiger partial charge in [-0.1, -0.05) is 23.7 Å². The van der Waals surface area contributed by atoms with Gasteiger partial charge in [0.1, 0.15) is 21.2 Å². The predicted octanol–water partition coefficient (Wildman–Crippen LogP) is 4.87. The Morgan fingerprint density at radius 1 is 1.05 bits per heavy atom. The van der Waals surface area contributed by atoms with Gasteiger partial charge in [0.05, 0.1) is 16.3 Å². The number of anilines is 1. The number of hydrogen-bond donors (Lipinski definition) is 1. The number of benzene rings is 1. The third-order valence-corrected chi connectivity index (χ3v) is 11.3. The molecule has 0 spiro atoms. The molecular weight excluding hydrogens is 636 g/mol. The van der Waals surface area contributed by atoms with Crippen LogP contribution in [0.1, 0.15) is 27.5 Å². The van der Waals surface area contributed by atoms with E-state index in [9.17, 15) is 26.0 Å². The average Bonchev–Trinajstić information content (AvgIpc) is 3.61. The van der Waals surface area contributed by atoms with Crippen molar-refractivity contribution >= 4 is 49.4 Å².